The Balaban J connectivity index is 1.41. The molecule has 156 valence electrons. The predicted molar refractivity (Wildman–Crippen MR) is 101 cm³/mol. The molecule has 4 heterocycles. The predicted octanol–water partition coefficient (Wildman–Crippen LogP) is 3.38. The molecule has 2 aromatic rings. The molecule has 6 nitrogen and oxygen atoms in total. The van der Waals surface area contributed by atoms with Crippen LogP contribution in [0.2, 0.25) is 0 Å². The van der Waals surface area contributed by atoms with Gasteiger partial charge in [0.1, 0.15) is 5.82 Å². The minimum atomic E-state index is -4.46. The quantitative estimate of drug-likeness (QED) is 0.783. The first kappa shape index (κ1) is 19.7. The summed E-state index contributed by atoms with van der Waals surface area (Å²) in [6.45, 7) is 2.08. The maximum Gasteiger partial charge on any atom is 0.419 e. The van der Waals surface area contributed by atoms with Gasteiger partial charge in [0.25, 0.3) is 0 Å². The number of imidazole rings is 1. The van der Waals surface area contributed by atoms with Crippen LogP contribution < -0.4 is 4.90 Å². The highest BCUT2D eigenvalue weighted by Gasteiger charge is 2.38. The van der Waals surface area contributed by atoms with Gasteiger partial charge >= 0.3 is 6.18 Å². The highest BCUT2D eigenvalue weighted by Crippen LogP contribution is 2.36. The van der Waals surface area contributed by atoms with Crippen LogP contribution in [0.4, 0.5) is 19.0 Å². The van der Waals surface area contributed by atoms with Crippen LogP contribution in [0.15, 0.2) is 37.1 Å². The Bertz CT molecular complexity index is 831. The van der Waals surface area contributed by atoms with Gasteiger partial charge in [-0.3, -0.25) is 4.79 Å². The van der Waals surface area contributed by atoms with Gasteiger partial charge in [0.15, 0.2) is 0 Å². The number of carbonyl (C=O) groups excluding carboxylic acids is 1. The summed E-state index contributed by atoms with van der Waals surface area (Å²) in [7, 11) is 0. The minimum absolute atomic E-state index is 0.0447. The van der Waals surface area contributed by atoms with Gasteiger partial charge in [-0.25, -0.2) is 9.97 Å². The molecule has 0 spiro atoms. The number of amides is 1. The number of aromatic nitrogens is 3. The Morgan fingerprint density at radius 2 is 1.90 bits per heavy atom. The van der Waals surface area contributed by atoms with Crippen molar-refractivity contribution in [3.05, 3.63) is 42.6 Å². The number of rotatable bonds is 3. The summed E-state index contributed by atoms with van der Waals surface area (Å²) in [5.41, 5.74) is -0.741. The summed E-state index contributed by atoms with van der Waals surface area (Å²) in [6, 6.07) is 2.69. The Hall–Kier alpha value is -2.58. The molecule has 9 heteroatoms. The second-order valence-electron chi connectivity index (χ2n) is 7.72. The van der Waals surface area contributed by atoms with Gasteiger partial charge in [-0.15, -0.1) is 0 Å². The maximum atomic E-state index is 13.4. The topological polar surface area (TPSA) is 54.3 Å². The Kier molecular flexibility index (Phi) is 5.47. The van der Waals surface area contributed by atoms with Crippen molar-refractivity contribution in [2.24, 2.45) is 5.92 Å². The van der Waals surface area contributed by atoms with Gasteiger partial charge < -0.3 is 14.4 Å². The summed E-state index contributed by atoms with van der Waals surface area (Å²) in [5, 5.41) is 0. The largest absolute Gasteiger partial charge is 0.419 e. The number of anilines is 1. The van der Waals surface area contributed by atoms with E-state index in [9.17, 15) is 18.0 Å². The monoisotopic (exact) mass is 407 g/mol. The average Bonchev–Trinajstić information content (AvgIpc) is 3.28. The molecule has 0 N–H and O–H groups in total. The summed E-state index contributed by atoms with van der Waals surface area (Å²) < 4.78 is 42.1. The van der Waals surface area contributed by atoms with Crippen LogP contribution in [0.3, 0.4) is 0 Å². The molecule has 2 aliphatic heterocycles. The molecule has 1 amide bonds. The lowest BCUT2D eigenvalue weighted by Gasteiger charge is -2.38. The van der Waals surface area contributed by atoms with Crippen LogP contribution in [0.5, 0.6) is 0 Å². The number of hydrogen-bond acceptors (Lipinski definition) is 4. The van der Waals surface area contributed by atoms with E-state index in [4.69, 9.17) is 0 Å². The highest BCUT2D eigenvalue weighted by molar-refractivity contribution is 5.80. The molecular weight excluding hydrogens is 383 g/mol. The molecular formula is C20H24F3N5O. The van der Waals surface area contributed by atoms with Gasteiger partial charge in [-0.05, 0) is 37.8 Å². The maximum absolute atomic E-state index is 13.4. The van der Waals surface area contributed by atoms with E-state index in [1.54, 1.807) is 17.4 Å². The lowest BCUT2D eigenvalue weighted by Crippen LogP contribution is -2.47. The molecule has 29 heavy (non-hydrogen) atoms. The van der Waals surface area contributed by atoms with Crippen LogP contribution in [-0.2, 0) is 11.0 Å². The lowest BCUT2D eigenvalue weighted by molar-refractivity contribution is -0.137. The van der Waals surface area contributed by atoms with Crippen molar-refractivity contribution in [3.8, 4) is 0 Å². The van der Waals surface area contributed by atoms with Gasteiger partial charge in [-0.1, -0.05) is 0 Å². The molecule has 2 saturated heterocycles. The van der Waals surface area contributed by atoms with Crippen molar-refractivity contribution in [3.63, 3.8) is 0 Å². The second-order valence-corrected chi connectivity index (χ2v) is 7.72. The number of halogens is 3. The molecule has 2 fully saturated rings. The van der Waals surface area contributed by atoms with Crippen molar-refractivity contribution in [2.45, 2.75) is 37.9 Å². The number of piperidine rings is 2. The zero-order chi connectivity index (χ0) is 20.4. The van der Waals surface area contributed by atoms with Crippen LogP contribution in [0, 0.1) is 5.92 Å². The van der Waals surface area contributed by atoms with Crippen LogP contribution in [0.1, 0.15) is 37.3 Å². The third-order valence-corrected chi connectivity index (χ3v) is 5.88. The van der Waals surface area contributed by atoms with E-state index in [2.05, 4.69) is 14.5 Å². The summed E-state index contributed by atoms with van der Waals surface area (Å²) in [6.07, 6.45) is 5.49. The molecule has 0 aromatic carbocycles. The van der Waals surface area contributed by atoms with Gasteiger partial charge in [0.05, 0.1) is 17.8 Å². The standard InChI is InChI=1S/C20H24F3N5O/c21-20(22,23)17-4-1-7-25-18(17)27-9-2-3-15(13-27)19(29)26-10-5-16(6-11-26)28-12-8-24-14-28/h1,4,7-8,12,14-16H,2-3,5-6,9-11,13H2. The smallest absolute Gasteiger partial charge is 0.355 e. The molecule has 4 rings (SSSR count). The van der Waals surface area contributed by atoms with E-state index in [0.29, 0.717) is 38.5 Å². The summed E-state index contributed by atoms with van der Waals surface area (Å²) in [5.74, 6) is -0.323. The zero-order valence-electron chi connectivity index (χ0n) is 16.1. The van der Waals surface area contributed by atoms with E-state index < -0.39 is 11.7 Å². The van der Waals surface area contributed by atoms with E-state index in [1.165, 1.54) is 12.3 Å². The van der Waals surface area contributed by atoms with Crippen molar-refractivity contribution >= 4 is 11.7 Å². The molecule has 2 aliphatic rings. The fourth-order valence-electron chi connectivity index (χ4n) is 4.37. The first-order valence-electron chi connectivity index (χ1n) is 9.97. The van der Waals surface area contributed by atoms with E-state index in [0.717, 1.165) is 18.9 Å². The fourth-order valence-corrected chi connectivity index (χ4v) is 4.37. The summed E-state index contributed by atoms with van der Waals surface area (Å²) in [4.78, 5) is 24.6. The van der Waals surface area contributed by atoms with Crippen molar-refractivity contribution < 1.29 is 18.0 Å². The molecule has 2 aromatic heterocycles. The minimum Gasteiger partial charge on any atom is -0.355 e. The van der Waals surface area contributed by atoms with Crippen LogP contribution in [0.25, 0.3) is 0 Å². The molecule has 1 unspecified atom stereocenters. The fraction of sp³-hybridized carbons (Fsp3) is 0.550. The zero-order valence-corrected chi connectivity index (χ0v) is 16.1. The third kappa shape index (κ3) is 4.23. The number of pyridine rings is 1. The van der Waals surface area contributed by atoms with E-state index in [1.807, 2.05) is 11.1 Å². The normalized spacial score (nSPS) is 21.4. The number of carbonyl (C=O) groups is 1. The van der Waals surface area contributed by atoms with Crippen LogP contribution >= 0.6 is 0 Å². The van der Waals surface area contributed by atoms with E-state index >= 15 is 0 Å². The number of likely N-dealkylation sites (tertiary alicyclic amines) is 1. The number of hydrogen-bond donors (Lipinski definition) is 0. The number of nitrogens with zero attached hydrogens (tertiary/aromatic N) is 5. The summed E-state index contributed by atoms with van der Waals surface area (Å²) >= 11 is 0. The molecule has 0 saturated carbocycles. The Morgan fingerprint density at radius 1 is 1.10 bits per heavy atom. The first-order chi connectivity index (χ1) is 13.9. The first-order valence-corrected chi connectivity index (χ1v) is 9.97. The molecule has 0 radical (unpaired) electrons. The number of alkyl halides is 3. The van der Waals surface area contributed by atoms with Crippen molar-refractivity contribution in [1.29, 1.82) is 0 Å². The Morgan fingerprint density at radius 3 is 2.59 bits per heavy atom. The third-order valence-electron chi connectivity index (χ3n) is 5.88. The van der Waals surface area contributed by atoms with Crippen molar-refractivity contribution in [2.75, 3.05) is 31.1 Å². The molecule has 0 aliphatic carbocycles. The average molecular weight is 407 g/mol. The lowest BCUT2D eigenvalue weighted by atomic mass is 9.94. The SMILES string of the molecule is O=C(C1CCCN(c2ncccc2C(F)(F)F)C1)N1CCC(n2ccnc2)CC1. The van der Waals surface area contributed by atoms with Crippen LogP contribution in [-0.4, -0.2) is 51.5 Å². The van der Waals surface area contributed by atoms with Gasteiger partial charge in [-0.2, -0.15) is 13.2 Å². The highest BCUT2D eigenvalue weighted by atomic mass is 19.4. The van der Waals surface area contributed by atoms with E-state index in [-0.39, 0.29) is 24.2 Å². The molecule has 1 atom stereocenters. The molecule has 0 bridgehead atoms. The second kappa shape index (κ2) is 8.04. The van der Waals surface area contributed by atoms with Gasteiger partial charge in [0.2, 0.25) is 5.91 Å². The van der Waals surface area contributed by atoms with Crippen molar-refractivity contribution in [1.82, 2.24) is 19.4 Å². The Labute approximate surface area is 167 Å². The van der Waals surface area contributed by atoms with Gasteiger partial charge in [0, 0.05) is 50.8 Å².